The number of anilines is 1. The molecule has 2 aromatic rings. The van der Waals surface area contributed by atoms with E-state index in [4.69, 9.17) is 21.1 Å². The normalized spacial score (nSPS) is 32.7. The molecule has 2 saturated heterocycles. The number of ether oxygens (including phenoxy) is 2. The molecule has 4 aliphatic heterocycles. The van der Waals surface area contributed by atoms with Gasteiger partial charge in [0.1, 0.15) is 11.4 Å². The summed E-state index contributed by atoms with van der Waals surface area (Å²) in [6, 6.07) is 12.5. The number of fused-ring (bicyclic) bond motifs is 4. The molecule has 0 unspecified atom stereocenters. The van der Waals surface area contributed by atoms with Gasteiger partial charge in [0, 0.05) is 42.2 Å². The van der Waals surface area contributed by atoms with Gasteiger partial charge in [-0.1, -0.05) is 36.7 Å². The number of thioether (sulfide) groups is 2. The van der Waals surface area contributed by atoms with E-state index in [0.29, 0.717) is 30.4 Å². The molecule has 6 aliphatic rings. The molecule has 0 radical (unpaired) electrons. The minimum Gasteiger partial charge on any atom is -0.490 e. The Labute approximate surface area is 355 Å². The van der Waals surface area contributed by atoms with Gasteiger partial charge < -0.3 is 24.6 Å². The summed E-state index contributed by atoms with van der Waals surface area (Å²) >= 11 is 10.5. The number of nitrogens with zero attached hydrogens (tertiary/aromatic N) is 2. The van der Waals surface area contributed by atoms with Crippen LogP contribution in [0.15, 0.2) is 48.6 Å². The van der Waals surface area contributed by atoms with Gasteiger partial charge in [-0.2, -0.15) is 0 Å². The molecule has 8 rings (SSSR count). The predicted molar refractivity (Wildman–Crippen MR) is 238 cm³/mol. The maximum absolute atomic E-state index is 13.6. The van der Waals surface area contributed by atoms with Gasteiger partial charge in [-0.25, -0.2) is 13.1 Å². The number of hydrogen-bond donors (Lipinski definition) is 2. The number of methoxy groups -OCH3 is 1. The highest BCUT2D eigenvalue weighted by Gasteiger charge is 2.53. The Kier molecular flexibility index (Phi) is 13.9. The van der Waals surface area contributed by atoms with Gasteiger partial charge in [-0.15, -0.1) is 23.5 Å². The summed E-state index contributed by atoms with van der Waals surface area (Å²) in [5, 5.41) is 3.34. The maximum atomic E-state index is 13.6. The van der Waals surface area contributed by atoms with Crippen molar-refractivity contribution < 1.29 is 22.7 Å². The summed E-state index contributed by atoms with van der Waals surface area (Å²) in [6.45, 7) is 8.08. The van der Waals surface area contributed by atoms with E-state index < -0.39 is 26.8 Å². The number of benzene rings is 2. The molecule has 0 aromatic heterocycles. The van der Waals surface area contributed by atoms with Crippen LogP contribution >= 0.6 is 35.1 Å². The summed E-state index contributed by atoms with van der Waals surface area (Å²) in [5.74, 6) is 2.83. The van der Waals surface area contributed by atoms with Crippen LogP contribution in [0.1, 0.15) is 86.7 Å². The van der Waals surface area contributed by atoms with E-state index in [0.717, 1.165) is 79.2 Å². The van der Waals surface area contributed by atoms with Gasteiger partial charge in [0.25, 0.3) is 5.91 Å². The molecule has 3 fully saturated rings. The maximum Gasteiger partial charge on any atom is 0.264 e. The van der Waals surface area contributed by atoms with Crippen LogP contribution in [0.4, 0.5) is 5.69 Å². The standard InChI is InChI=1S/C37H47ClN2O5S3.C7H16N2/c1-24-7-4-16-37(44-3,35-46-17-6-18-47-35)31-12-9-28(31)21-40-22-36(15-5-8-26-19-29(38)11-13-30(26)36)23-45-33-14-10-27(20-32(33)40)34(41)39-48(42,43)25(24)2;1-9(2)7-3-5-8-6-4-7/h4,10-11,13-14,16,19-20,24-25,28,31,35H,5-9,12,15,17-18,21-23H2,1-3H3,(H,39,41);7-8H,3-6H2,1-2H3/b16-4+;/t24-,25+,28-,31+,36-,37-;/m0./s1. The topological polar surface area (TPSA) is 100 Å². The number of piperidine rings is 1. The zero-order valence-corrected chi connectivity index (χ0v) is 37.6. The number of hydrogen-bond acceptors (Lipinski definition) is 10. The average Bonchev–Trinajstić information content (AvgIpc) is 3.35. The van der Waals surface area contributed by atoms with E-state index in [1.807, 2.05) is 55.8 Å². The third kappa shape index (κ3) is 9.22. The Hall–Kier alpha value is -1.93. The van der Waals surface area contributed by atoms with Crippen LogP contribution in [0.2, 0.25) is 5.02 Å². The van der Waals surface area contributed by atoms with Crippen LogP contribution in [0.3, 0.4) is 0 Å². The Bertz CT molecular complexity index is 1870. The van der Waals surface area contributed by atoms with Crippen LogP contribution in [0, 0.1) is 17.8 Å². The minimum absolute atomic E-state index is 0.196. The first-order valence-corrected chi connectivity index (χ1v) is 25.1. The van der Waals surface area contributed by atoms with E-state index in [1.165, 1.54) is 43.5 Å². The lowest BCUT2D eigenvalue weighted by atomic mass is 9.64. The largest absolute Gasteiger partial charge is 0.490 e. The third-order valence-corrected chi connectivity index (χ3v) is 19.1. The number of sulfonamides is 1. The summed E-state index contributed by atoms with van der Waals surface area (Å²) in [4.78, 5) is 18.3. The monoisotopic (exact) mass is 858 g/mol. The first-order valence-electron chi connectivity index (χ1n) is 21.1. The van der Waals surface area contributed by atoms with Crippen molar-refractivity contribution in [3.63, 3.8) is 0 Å². The van der Waals surface area contributed by atoms with Crippen LogP contribution in [0.25, 0.3) is 0 Å². The molecule has 1 amide bonds. The van der Waals surface area contributed by atoms with E-state index >= 15 is 0 Å². The second-order valence-electron chi connectivity index (χ2n) is 17.5. The summed E-state index contributed by atoms with van der Waals surface area (Å²) in [5.41, 5.74) is 3.02. The van der Waals surface area contributed by atoms with E-state index in [2.05, 4.69) is 58.2 Å². The quantitative estimate of drug-likeness (QED) is 0.298. The lowest BCUT2D eigenvalue weighted by Crippen LogP contribution is -2.56. The van der Waals surface area contributed by atoms with Crippen molar-refractivity contribution in [3.05, 3.63) is 70.3 Å². The number of halogens is 1. The van der Waals surface area contributed by atoms with Crippen LogP contribution < -0.4 is 19.7 Å². The highest BCUT2D eigenvalue weighted by atomic mass is 35.5. The van der Waals surface area contributed by atoms with Gasteiger partial charge in [0.15, 0.2) is 0 Å². The van der Waals surface area contributed by atoms with E-state index in [9.17, 15) is 13.2 Å². The molecule has 2 aliphatic carbocycles. The number of amides is 1. The molecule has 1 spiro atoms. The van der Waals surface area contributed by atoms with Gasteiger partial charge in [-0.3, -0.25) is 4.79 Å². The van der Waals surface area contributed by atoms with Gasteiger partial charge in [-0.05, 0) is 163 Å². The molecular formula is C44H63ClN4O5S3. The summed E-state index contributed by atoms with van der Waals surface area (Å²) < 4.78 is 43.0. The number of carbonyl (C=O) groups is 1. The smallest absolute Gasteiger partial charge is 0.264 e. The molecule has 6 atom stereocenters. The van der Waals surface area contributed by atoms with Gasteiger partial charge in [0.05, 0.1) is 22.1 Å². The molecular weight excluding hydrogens is 796 g/mol. The second-order valence-corrected chi connectivity index (χ2v) is 22.7. The van der Waals surface area contributed by atoms with Crippen molar-refractivity contribution in [2.45, 2.75) is 98.5 Å². The molecule has 13 heteroatoms. The van der Waals surface area contributed by atoms with Crippen LogP contribution in [-0.2, 0) is 26.6 Å². The Morgan fingerprint density at radius 2 is 1.79 bits per heavy atom. The summed E-state index contributed by atoms with van der Waals surface area (Å²) in [7, 11) is 2.26. The van der Waals surface area contributed by atoms with Crippen molar-refractivity contribution in [2.75, 3.05) is 70.4 Å². The van der Waals surface area contributed by atoms with Crippen molar-refractivity contribution in [1.82, 2.24) is 14.9 Å². The number of carbonyl (C=O) groups excluding carboxylic acids is 1. The number of nitrogens with one attached hydrogen (secondary N) is 2. The molecule has 2 aromatic carbocycles. The number of aryl methyl sites for hydroxylation is 1. The van der Waals surface area contributed by atoms with Crippen molar-refractivity contribution in [3.8, 4) is 5.75 Å². The lowest BCUT2D eigenvalue weighted by Gasteiger charge is -2.53. The van der Waals surface area contributed by atoms with E-state index in [1.54, 1.807) is 13.0 Å². The van der Waals surface area contributed by atoms with Gasteiger partial charge in [0.2, 0.25) is 10.0 Å². The highest BCUT2D eigenvalue weighted by Crippen LogP contribution is 2.54. The average molecular weight is 860 g/mol. The Morgan fingerprint density at radius 1 is 1.02 bits per heavy atom. The molecule has 4 heterocycles. The third-order valence-electron chi connectivity index (χ3n) is 13.8. The van der Waals surface area contributed by atoms with Crippen LogP contribution in [0.5, 0.6) is 5.75 Å². The molecule has 2 bridgehead atoms. The highest BCUT2D eigenvalue weighted by molar-refractivity contribution is 8.17. The molecule has 1 saturated carbocycles. The lowest BCUT2D eigenvalue weighted by molar-refractivity contribution is -0.0639. The van der Waals surface area contributed by atoms with Crippen molar-refractivity contribution in [2.24, 2.45) is 17.8 Å². The van der Waals surface area contributed by atoms with Crippen LogP contribution in [-0.4, -0.2) is 106 Å². The fourth-order valence-corrected chi connectivity index (χ4v) is 14.8. The van der Waals surface area contributed by atoms with Crippen molar-refractivity contribution in [1.29, 1.82) is 0 Å². The zero-order chi connectivity index (χ0) is 40.4. The number of allylic oxidation sites excluding steroid dienone is 1. The fraction of sp³-hybridized carbons (Fsp3) is 0.659. The number of rotatable bonds is 3. The fourth-order valence-electron chi connectivity index (χ4n) is 9.93. The van der Waals surface area contributed by atoms with E-state index in [-0.39, 0.29) is 15.9 Å². The first-order chi connectivity index (χ1) is 27.4. The second kappa shape index (κ2) is 18.4. The molecule has 57 heavy (non-hydrogen) atoms. The first kappa shape index (κ1) is 43.2. The van der Waals surface area contributed by atoms with Crippen molar-refractivity contribution >= 4 is 56.7 Å². The Balaban J connectivity index is 0.000000487. The van der Waals surface area contributed by atoms with Gasteiger partial charge >= 0.3 is 0 Å². The Morgan fingerprint density at radius 3 is 2.47 bits per heavy atom. The molecule has 2 N–H and O–H groups in total. The molecule has 314 valence electrons. The molecule has 9 nitrogen and oxygen atoms in total. The minimum atomic E-state index is -3.93. The summed E-state index contributed by atoms with van der Waals surface area (Å²) in [6.07, 6.45) is 14.0. The predicted octanol–water partition coefficient (Wildman–Crippen LogP) is 7.76. The zero-order valence-electron chi connectivity index (χ0n) is 34.4. The SMILES string of the molecule is CN(C)C1CCNCC1.CO[C@@]1(C2SCCCS2)/C=C/C[C@H](C)[C@@H](C)S(=O)(=O)NC(=O)c2ccc3c(c2)N(C[C@@H]2CC[C@H]21)C[C@@]1(CCCc2cc(Cl)ccc21)CO3.